The molecule has 1 N–H and O–H groups in total. The minimum Gasteiger partial charge on any atom is -0.486 e. The highest BCUT2D eigenvalue weighted by molar-refractivity contribution is 5.73. The monoisotopic (exact) mass is 366 g/mol. The number of hydrogen-bond donors (Lipinski definition) is 1. The second-order valence-corrected chi connectivity index (χ2v) is 6.51. The van der Waals surface area contributed by atoms with Gasteiger partial charge in [0.1, 0.15) is 18.9 Å². The van der Waals surface area contributed by atoms with Crippen LogP contribution in [0.4, 0.5) is 4.79 Å². The van der Waals surface area contributed by atoms with E-state index in [0.717, 1.165) is 28.4 Å². The summed E-state index contributed by atoms with van der Waals surface area (Å²) in [6.07, 6.45) is 4.64. The van der Waals surface area contributed by atoms with E-state index in [2.05, 4.69) is 10.3 Å². The molecule has 27 heavy (non-hydrogen) atoms. The van der Waals surface area contributed by atoms with Gasteiger partial charge < -0.3 is 24.1 Å². The molecule has 2 amide bonds. The number of ether oxygens (including phenoxy) is 2. The second kappa shape index (κ2) is 7.57. The summed E-state index contributed by atoms with van der Waals surface area (Å²) in [4.78, 5) is 18.5. The molecule has 0 aliphatic carbocycles. The van der Waals surface area contributed by atoms with Crippen LogP contribution in [0.5, 0.6) is 11.5 Å². The Morgan fingerprint density at radius 2 is 2.07 bits per heavy atom. The van der Waals surface area contributed by atoms with E-state index in [4.69, 9.17) is 9.47 Å². The first-order valence-electron chi connectivity index (χ1n) is 8.99. The summed E-state index contributed by atoms with van der Waals surface area (Å²) < 4.78 is 13.1. The highest BCUT2D eigenvalue weighted by atomic mass is 16.6. The molecule has 140 valence electrons. The molecular formula is C20H22N4O3. The number of nitrogens with zero attached hydrogens (tertiary/aromatic N) is 3. The Kier molecular flexibility index (Phi) is 4.82. The van der Waals surface area contributed by atoms with Gasteiger partial charge in [0.2, 0.25) is 0 Å². The number of benzene rings is 1. The number of imidazole rings is 1. The van der Waals surface area contributed by atoms with Gasteiger partial charge in [0, 0.05) is 39.0 Å². The normalized spacial score (nSPS) is 12.8. The van der Waals surface area contributed by atoms with Gasteiger partial charge in [-0.2, -0.15) is 0 Å². The summed E-state index contributed by atoms with van der Waals surface area (Å²) in [6, 6.07) is 11.5. The van der Waals surface area contributed by atoms with E-state index in [1.807, 2.05) is 53.2 Å². The minimum absolute atomic E-state index is 0.117. The highest BCUT2D eigenvalue weighted by Crippen LogP contribution is 2.31. The average Bonchev–Trinajstić information content (AvgIpc) is 3.10. The average molecular weight is 366 g/mol. The van der Waals surface area contributed by atoms with E-state index in [1.165, 1.54) is 0 Å². The number of hydrogen-bond acceptors (Lipinski definition) is 4. The number of urea groups is 1. The van der Waals surface area contributed by atoms with Crippen molar-refractivity contribution in [2.45, 2.75) is 13.0 Å². The van der Waals surface area contributed by atoms with Crippen LogP contribution in [0.25, 0.3) is 5.65 Å². The Hall–Kier alpha value is -3.22. The fraction of sp³-hybridized carbons (Fsp3) is 0.300. The maximum absolute atomic E-state index is 12.3. The molecule has 2 aromatic heterocycles. The van der Waals surface area contributed by atoms with Crippen molar-refractivity contribution < 1.29 is 14.3 Å². The number of amides is 2. The Morgan fingerprint density at radius 3 is 2.93 bits per heavy atom. The Labute approximate surface area is 157 Å². The number of pyridine rings is 1. The third kappa shape index (κ3) is 3.97. The molecule has 1 aliphatic heterocycles. The molecule has 1 aliphatic rings. The molecule has 1 aromatic carbocycles. The fourth-order valence-electron chi connectivity index (χ4n) is 3.07. The highest BCUT2D eigenvalue weighted by Gasteiger charge is 2.14. The predicted octanol–water partition coefficient (Wildman–Crippen LogP) is 2.49. The van der Waals surface area contributed by atoms with Crippen molar-refractivity contribution in [3.8, 4) is 11.5 Å². The number of nitrogens with one attached hydrogen (secondary N) is 1. The first-order valence-corrected chi connectivity index (χ1v) is 8.99. The summed E-state index contributed by atoms with van der Waals surface area (Å²) >= 11 is 0. The maximum atomic E-state index is 12.3. The maximum Gasteiger partial charge on any atom is 0.317 e. The lowest BCUT2D eigenvalue weighted by Gasteiger charge is -2.21. The van der Waals surface area contributed by atoms with Crippen molar-refractivity contribution >= 4 is 11.7 Å². The van der Waals surface area contributed by atoms with Gasteiger partial charge in [-0.1, -0.05) is 12.1 Å². The summed E-state index contributed by atoms with van der Waals surface area (Å²) in [5, 5.41) is 2.94. The molecule has 3 aromatic rings. The topological polar surface area (TPSA) is 68.1 Å². The van der Waals surface area contributed by atoms with E-state index in [9.17, 15) is 4.79 Å². The Bertz CT molecular complexity index is 920. The van der Waals surface area contributed by atoms with E-state index in [0.29, 0.717) is 32.7 Å². The van der Waals surface area contributed by atoms with Crippen LogP contribution in [0.3, 0.4) is 0 Å². The van der Waals surface area contributed by atoms with Gasteiger partial charge in [-0.3, -0.25) is 0 Å². The van der Waals surface area contributed by atoms with Gasteiger partial charge in [0.25, 0.3) is 0 Å². The summed E-state index contributed by atoms with van der Waals surface area (Å²) in [7, 11) is 1.77. The molecule has 0 unspecified atom stereocenters. The second-order valence-electron chi connectivity index (χ2n) is 6.51. The molecule has 0 bridgehead atoms. The Morgan fingerprint density at radius 1 is 1.22 bits per heavy atom. The molecular weight excluding hydrogens is 344 g/mol. The third-order valence-electron chi connectivity index (χ3n) is 4.44. The Balaban J connectivity index is 1.29. The van der Waals surface area contributed by atoms with Crippen molar-refractivity contribution in [1.82, 2.24) is 19.6 Å². The van der Waals surface area contributed by atoms with E-state index in [-0.39, 0.29) is 6.03 Å². The van der Waals surface area contributed by atoms with Gasteiger partial charge in [0.05, 0.1) is 5.69 Å². The van der Waals surface area contributed by atoms with Crippen molar-refractivity contribution in [3.63, 3.8) is 0 Å². The summed E-state index contributed by atoms with van der Waals surface area (Å²) in [6.45, 7) is 2.15. The van der Waals surface area contributed by atoms with Crippen LogP contribution >= 0.6 is 0 Å². The zero-order valence-corrected chi connectivity index (χ0v) is 15.2. The van der Waals surface area contributed by atoms with E-state index in [1.54, 1.807) is 11.9 Å². The van der Waals surface area contributed by atoms with Crippen LogP contribution in [0.1, 0.15) is 11.3 Å². The van der Waals surface area contributed by atoms with Crippen molar-refractivity contribution in [2.24, 2.45) is 0 Å². The summed E-state index contributed by atoms with van der Waals surface area (Å²) in [5.74, 6) is 1.49. The number of carbonyl (C=O) groups excluding carboxylic acids is 1. The lowest BCUT2D eigenvalue weighted by Crippen LogP contribution is -2.37. The lowest BCUT2D eigenvalue weighted by atomic mass is 10.2. The number of carbonyl (C=O) groups is 1. The van der Waals surface area contributed by atoms with Crippen molar-refractivity contribution in [1.29, 1.82) is 0 Å². The van der Waals surface area contributed by atoms with Crippen molar-refractivity contribution in [2.75, 3.05) is 26.8 Å². The molecule has 4 rings (SSSR count). The SMILES string of the molecule is CN(Cc1ccc2c(c1)OCCO2)C(=O)NCCc1cn2ccccc2n1. The van der Waals surface area contributed by atoms with Gasteiger partial charge in [0.15, 0.2) is 11.5 Å². The summed E-state index contributed by atoms with van der Waals surface area (Å²) in [5.41, 5.74) is 2.86. The lowest BCUT2D eigenvalue weighted by molar-refractivity contribution is 0.171. The van der Waals surface area contributed by atoms with Gasteiger partial charge in [-0.15, -0.1) is 0 Å². The fourth-order valence-corrected chi connectivity index (χ4v) is 3.07. The zero-order chi connectivity index (χ0) is 18.6. The van der Waals surface area contributed by atoms with Crippen molar-refractivity contribution in [3.05, 3.63) is 60.0 Å². The number of aromatic nitrogens is 2. The standard InChI is InChI=1S/C20H22N4O3/c1-23(13-15-5-6-17-18(12-15)27-11-10-26-17)20(25)21-8-7-16-14-24-9-3-2-4-19(24)22-16/h2-6,9,12,14H,7-8,10-11,13H2,1H3,(H,21,25). The largest absolute Gasteiger partial charge is 0.486 e. The first kappa shape index (κ1) is 17.2. The molecule has 0 fully saturated rings. The predicted molar refractivity (Wildman–Crippen MR) is 101 cm³/mol. The van der Waals surface area contributed by atoms with E-state index >= 15 is 0 Å². The zero-order valence-electron chi connectivity index (χ0n) is 15.2. The molecule has 3 heterocycles. The van der Waals surface area contributed by atoms with Crippen LogP contribution in [0.2, 0.25) is 0 Å². The van der Waals surface area contributed by atoms with Gasteiger partial charge in [-0.05, 0) is 29.8 Å². The number of fused-ring (bicyclic) bond motifs is 2. The third-order valence-corrected chi connectivity index (χ3v) is 4.44. The molecule has 0 radical (unpaired) electrons. The van der Waals surface area contributed by atoms with Crippen LogP contribution in [-0.4, -0.2) is 47.1 Å². The molecule has 0 saturated heterocycles. The quantitative estimate of drug-likeness (QED) is 0.753. The molecule has 0 atom stereocenters. The van der Waals surface area contributed by atoms with Crippen LogP contribution in [-0.2, 0) is 13.0 Å². The van der Waals surface area contributed by atoms with E-state index < -0.39 is 0 Å². The smallest absolute Gasteiger partial charge is 0.317 e. The minimum atomic E-state index is -0.117. The van der Waals surface area contributed by atoms with Crippen LogP contribution in [0.15, 0.2) is 48.8 Å². The molecule has 7 nitrogen and oxygen atoms in total. The number of rotatable bonds is 5. The molecule has 0 spiro atoms. The van der Waals surface area contributed by atoms with Gasteiger partial charge in [-0.25, -0.2) is 9.78 Å². The van der Waals surface area contributed by atoms with Crippen LogP contribution in [0, 0.1) is 0 Å². The molecule has 7 heteroatoms. The molecule has 0 saturated carbocycles. The van der Waals surface area contributed by atoms with Gasteiger partial charge >= 0.3 is 6.03 Å². The van der Waals surface area contributed by atoms with Crippen LogP contribution < -0.4 is 14.8 Å². The first-order chi connectivity index (χ1) is 13.2.